The fourth-order valence-electron chi connectivity index (χ4n) is 2.69. The van der Waals surface area contributed by atoms with Gasteiger partial charge in [-0.3, -0.25) is 4.79 Å². The summed E-state index contributed by atoms with van der Waals surface area (Å²) in [6.07, 6.45) is 4.15. The Labute approximate surface area is 127 Å². The second kappa shape index (κ2) is 6.68. The Morgan fingerprint density at radius 1 is 1.35 bits per heavy atom. The third-order valence-corrected chi connectivity index (χ3v) is 4.66. The zero-order chi connectivity index (χ0) is 14.7. The van der Waals surface area contributed by atoms with Crippen molar-refractivity contribution in [2.24, 2.45) is 0 Å². The molecule has 1 saturated carbocycles. The maximum absolute atomic E-state index is 13.1. The largest absolute Gasteiger partial charge is 0.381 e. The molecule has 1 amide bonds. The molecule has 0 bridgehead atoms. The van der Waals surface area contributed by atoms with Gasteiger partial charge < -0.3 is 9.64 Å². The molecule has 1 aliphatic carbocycles. The standard InChI is InChI=1S/C15H19BrFNO2/c1-18(11-4-6-12(20-2)7-5-11)15(19)13-8-3-10(17)9-14(13)16/h3,8-9,11-12H,4-7H2,1-2H3. The topological polar surface area (TPSA) is 29.5 Å². The van der Waals surface area contributed by atoms with Gasteiger partial charge in [0.05, 0.1) is 11.7 Å². The molecule has 0 spiro atoms. The number of carbonyl (C=O) groups excluding carboxylic acids is 1. The van der Waals surface area contributed by atoms with Gasteiger partial charge in [0.15, 0.2) is 0 Å². The molecule has 1 aromatic rings. The van der Waals surface area contributed by atoms with E-state index in [4.69, 9.17) is 4.74 Å². The van der Waals surface area contributed by atoms with Crippen molar-refractivity contribution in [3.8, 4) is 0 Å². The molecule has 0 unspecified atom stereocenters. The van der Waals surface area contributed by atoms with Crippen LogP contribution in [0.4, 0.5) is 4.39 Å². The minimum atomic E-state index is -0.350. The number of benzene rings is 1. The van der Waals surface area contributed by atoms with Gasteiger partial charge in [0.1, 0.15) is 5.82 Å². The van der Waals surface area contributed by atoms with Gasteiger partial charge in [0.2, 0.25) is 0 Å². The van der Waals surface area contributed by atoms with Gasteiger partial charge in [-0.2, -0.15) is 0 Å². The summed E-state index contributed by atoms with van der Waals surface area (Å²) >= 11 is 3.25. The second-order valence-electron chi connectivity index (χ2n) is 5.21. The molecule has 20 heavy (non-hydrogen) atoms. The molecule has 110 valence electrons. The van der Waals surface area contributed by atoms with Crippen LogP contribution >= 0.6 is 15.9 Å². The summed E-state index contributed by atoms with van der Waals surface area (Å²) in [6, 6.07) is 4.39. The van der Waals surface area contributed by atoms with E-state index in [0.29, 0.717) is 16.1 Å². The van der Waals surface area contributed by atoms with Crippen molar-refractivity contribution in [2.45, 2.75) is 37.8 Å². The number of amides is 1. The van der Waals surface area contributed by atoms with Crippen molar-refractivity contribution in [3.05, 3.63) is 34.1 Å². The van der Waals surface area contributed by atoms with Crippen LogP contribution < -0.4 is 0 Å². The number of nitrogens with zero attached hydrogens (tertiary/aromatic N) is 1. The number of methoxy groups -OCH3 is 1. The Bertz CT molecular complexity index is 487. The lowest BCUT2D eigenvalue weighted by molar-refractivity contribution is 0.0385. The molecule has 1 aliphatic rings. The van der Waals surface area contributed by atoms with Crippen molar-refractivity contribution in [3.63, 3.8) is 0 Å². The first-order chi connectivity index (χ1) is 9.52. The van der Waals surface area contributed by atoms with Gasteiger partial charge in [0.25, 0.3) is 5.91 Å². The van der Waals surface area contributed by atoms with Crippen LogP contribution in [-0.4, -0.2) is 37.1 Å². The summed E-state index contributed by atoms with van der Waals surface area (Å²) in [5, 5.41) is 0. The molecule has 0 saturated heterocycles. The Balaban J connectivity index is 2.05. The van der Waals surface area contributed by atoms with Gasteiger partial charge in [-0.25, -0.2) is 4.39 Å². The van der Waals surface area contributed by atoms with Crippen LogP contribution in [0.25, 0.3) is 0 Å². The van der Waals surface area contributed by atoms with Gasteiger partial charge in [-0.15, -0.1) is 0 Å². The van der Waals surface area contributed by atoms with Crippen LogP contribution in [0.5, 0.6) is 0 Å². The van der Waals surface area contributed by atoms with Gasteiger partial charge in [0, 0.05) is 24.7 Å². The van der Waals surface area contributed by atoms with E-state index in [1.807, 2.05) is 7.05 Å². The van der Waals surface area contributed by atoms with Crippen molar-refractivity contribution < 1.29 is 13.9 Å². The van der Waals surface area contributed by atoms with E-state index >= 15 is 0 Å². The number of carbonyl (C=O) groups is 1. The minimum absolute atomic E-state index is 0.0715. The fourth-order valence-corrected chi connectivity index (χ4v) is 3.21. The van der Waals surface area contributed by atoms with E-state index in [0.717, 1.165) is 25.7 Å². The second-order valence-corrected chi connectivity index (χ2v) is 6.06. The highest BCUT2D eigenvalue weighted by Gasteiger charge is 2.27. The van der Waals surface area contributed by atoms with E-state index in [2.05, 4.69) is 15.9 Å². The molecule has 2 rings (SSSR count). The Morgan fingerprint density at radius 3 is 2.55 bits per heavy atom. The van der Waals surface area contributed by atoms with Gasteiger partial charge in [-0.05, 0) is 59.8 Å². The van der Waals surface area contributed by atoms with E-state index in [1.165, 1.54) is 18.2 Å². The highest BCUT2D eigenvalue weighted by molar-refractivity contribution is 9.10. The van der Waals surface area contributed by atoms with Crippen LogP contribution in [0.3, 0.4) is 0 Å². The monoisotopic (exact) mass is 343 g/mol. The molecule has 0 aromatic heterocycles. The predicted octanol–water partition coefficient (Wildman–Crippen LogP) is 3.62. The molecule has 0 N–H and O–H groups in total. The minimum Gasteiger partial charge on any atom is -0.381 e. The average molecular weight is 344 g/mol. The average Bonchev–Trinajstić information content (AvgIpc) is 2.46. The molecule has 3 nitrogen and oxygen atoms in total. The Morgan fingerprint density at radius 2 is 2.00 bits per heavy atom. The fraction of sp³-hybridized carbons (Fsp3) is 0.533. The SMILES string of the molecule is COC1CCC(N(C)C(=O)c2ccc(F)cc2Br)CC1. The molecule has 5 heteroatoms. The van der Waals surface area contributed by atoms with E-state index < -0.39 is 0 Å². The Hall–Kier alpha value is -0.940. The van der Waals surface area contributed by atoms with E-state index in [-0.39, 0.29) is 17.8 Å². The highest BCUT2D eigenvalue weighted by Crippen LogP contribution is 2.26. The third-order valence-electron chi connectivity index (χ3n) is 4.01. The van der Waals surface area contributed by atoms with Gasteiger partial charge in [-0.1, -0.05) is 0 Å². The first-order valence-electron chi connectivity index (χ1n) is 6.78. The third kappa shape index (κ3) is 3.38. The van der Waals surface area contributed by atoms with Crippen molar-refractivity contribution in [1.29, 1.82) is 0 Å². The maximum atomic E-state index is 13.1. The summed E-state index contributed by atoms with van der Waals surface area (Å²) in [5.41, 5.74) is 0.503. The van der Waals surface area contributed by atoms with E-state index in [9.17, 15) is 9.18 Å². The molecule has 0 heterocycles. The zero-order valence-corrected chi connectivity index (χ0v) is 13.3. The molecule has 0 aliphatic heterocycles. The first-order valence-corrected chi connectivity index (χ1v) is 7.57. The van der Waals surface area contributed by atoms with Crippen LogP contribution in [0.2, 0.25) is 0 Å². The number of ether oxygens (including phenoxy) is 1. The smallest absolute Gasteiger partial charge is 0.254 e. The van der Waals surface area contributed by atoms with Crippen LogP contribution in [0.15, 0.2) is 22.7 Å². The molecule has 1 aromatic carbocycles. The van der Waals surface area contributed by atoms with Crippen LogP contribution in [0.1, 0.15) is 36.0 Å². The number of hydrogen-bond donors (Lipinski definition) is 0. The lowest BCUT2D eigenvalue weighted by Gasteiger charge is -2.34. The van der Waals surface area contributed by atoms with Crippen molar-refractivity contribution in [1.82, 2.24) is 4.90 Å². The lowest BCUT2D eigenvalue weighted by atomic mass is 9.92. The molecular formula is C15H19BrFNO2. The molecule has 1 fully saturated rings. The van der Waals surface area contributed by atoms with Gasteiger partial charge >= 0.3 is 0 Å². The number of hydrogen-bond acceptors (Lipinski definition) is 2. The van der Waals surface area contributed by atoms with Crippen molar-refractivity contribution in [2.75, 3.05) is 14.2 Å². The highest BCUT2D eigenvalue weighted by atomic mass is 79.9. The molecular weight excluding hydrogens is 325 g/mol. The molecule has 0 radical (unpaired) electrons. The molecule has 0 atom stereocenters. The number of halogens is 2. The normalized spacial score (nSPS) is 22.6. The van der Waals surface area contributed by atoms with Crippen LogP contribution in [0, 0.1) is 5.82 Å². The summed E-state index contributed by atoms with van der Waals surface area (Å²) in [4.78, 5) is 14.2. The van der Waals surface area contributed by atoms with E-state index in [1.54, 1.807) is 12.0 Å². The summed E-state index contributed by atoms with van der Waals surface area (Å²) in [5.74, 6) is -0.422. The summed E-state index contributed by atoms with van der Waals surface area (Å²) in [7, 11) is 3.55. The zero-order valence-electron chi connectivity index (χ0n) is 11.7. The quantitative estimate of drug-likeness (QED) is 0.838. The van der Waals surface area contributed by atoms with Crippen molar-refractivity contribution >= 4 is 21.8 Å². The Kier molecular flexibility index (Phi) is 5.16. The number of rotatable bonds is 3. The first kappa shape index (κ1) is 15.4. The summed E-state index contributed by atoms with van der Waals surface area (Å²) in [6.45, 7) is 0. The summed E-state index contributed by atoms with van der Waals surface area (Å²) < 4.78 is 18.9. The lowest BCUT2D eigenvalue weighted by Crippen LogP contribution is -2.40. The predicted molar refractivity (Wildman–Crippen MR) is 79.2 cm³/mol. The van der Waals surface area contributed by atoms with Crippen LogP contribution in [-0.2, 0) is 4.74 Å². The maximum Gasteiger partial charge on any atom is 0.254 e.